The number of carbonyl (C=O) groups is 2. The van der Waals surface area contributed by atoms with Crippen LogP contribution < -0.4 is 9.92 Å². The van der Waals surface area contributed by atoms with Crippen LogP contribution >= 0.6 is 0 Å². The highest BCUT2D eigenvalue weighted by Gasteiger charge is 2.37. The number of ether oxygens (including phenoxy) is 1. The number of esters is 1. The number of Topliss-reactive ketones (excluding diaryl/α,β-unsaturated/α-hetero) is 1. The highest BCUT2D eigenvalue weighted by atomic mass is 28.1. The summed E-state index contributed by atoms with van der Waals surface area (Å²) in [6, 6.07) is 11.1. The van der Waals surface area contributed by atoms with Gasteiger partial charge in [0.2, 0.25) is 0 Å². The van der Waals surface area contributed by atoms with E-state index in [0.29, 0.717) is 11.1 Å². The number of phenols is 1. The summed E-state index contributed by atoms with van der Waals surface area (Å²) in [4.78, 5) is 24.5. The van der Waals surface area contributed by atoms with E-state index in [1.54, 1.807) is 24.3 Å². The molecule has 0 spiro atoms. The van der Waals surface area contributed by atoms with Crippen LogP contribution in [0.5, 0.6) is 11.5 Å². The molecule has 0 saturated heterocycles. The number of benzene rings is 2. The summed E-state index contributed by atoms with van der Waals surface area (Å²) < 4.78 is 5.15. The summed E-state index contributed by atoms with van der Waals surface area (Å²) in [5.74, 6) is -1.86. The zero-order valence-corrected chi connectivity index (χ0v) is 11.3. The molecule has 0 aliphatic carbocycles. The van der Waals surface area contributed by atoms with Gasteiger partial charge in [-0.25, -0.2) is 0 Å². The summed E-state index contributed by atoms with van der Waals surface area (Å²) >= 11 is 0. The van der Waals surface area contributed by atoms with Crippen LogP contribution in [0.3, 0.4) is 0 Å². The topological polar surface area (TPSA) is 63.6 Å². The van der Waals surface area contributed by atoms with Crippen LogP contribution in [0.15, 0.2) is 42.5 Å². The number of ketones is 1. The molecular formula is C15H9O4Si. The van der Waals surface area contributed by atoms with Crippen LogP contribution in [0, 0.1) is 0 Å². The van der Waals surface area contributed by atoms with Gasteiger partial charge >= 0.3 is 5.97 Å². The zero-order valence-electron chi connectivity index (χ0n) is 10.3. The standard InChI is InChI=1S/C15H9O4Si/c16-9-3-6-11-12(7-9)19-15(18)13(14(11)17)8-1-4-10(20)5-2-8/h1-7,13,16H. The number of carbonyl (C=O) groups excluding carboxylic acids is 2. The molecule has 0 fully saturated rings. The lowest BCUT2D eigenvalue weighted by Gasteiger charge is -2.22. The van der Waals surface area contributed by atoms with Gasteiger partial charge in [0.05, 0.1) is 15.8 Å². The number of hydrogen-bond acceptors (Lipinski definition) is 4. The predicted molar refractivity (Wildman–Crippen MR) is 72.6 cm³/mol. The second-order valence-electron chi connectivity index (χ2n) is 4.52. The Morgan fingerprint density at radius 1 is 1.05 bits per heavy atom. The summed E-state index contributed by atoms with van der Waals surface area (Å²) in [7, 11) is 3.36. The molecule has 0 bridgehead atoms. The quantitative estimate of drug-likeness (QED) is 0.367. The number of rotatable bonds is 1. The van der Waals surface area contributed by atoms with Gasteiger partial charge in [0.1, 0.15) is 17.4 Å². The third-order valence-electron chi connectivity index (χ3n) is 3.18. The number of fused-ring (bicyclic) bond motifs is 1. The van der Waals surface area contributed by atoms with E-state index in [4.69, 9.17) is 4.74 Å². The van der Waals surface area contributed by atoms with Crippen molar-refractivity contribution in [2.45, 2.75) is 5.92 Å². The lowest BCUT2D eigenvalue weighted by Crippen LogP contribution is -2.31. The van der Waals surface area contributed by atoms with Gasteiger partial charge < -0.3 is 9.84 Å². The fraction of sp³-hybridized carbons (Fsp3) is 0.0667. The second-order valence-corrected chi connectivity index (χ2v) is 5.10. The van der Waals surface area contributed by atoms with Gasteiger partial charge in [0.25, 0.3) is 0 Å². The van der Waals surface area contributed by atoms with Crippen molar-refractivity contribution in [3.8, 4) is 11.5 Å². The van der Waals surface area contributed by atoms with Gasteiger partial charge in [-0.05, 0) is 17.7 Å². The smallest absolute Gasteiger partial charge is 0.326 e. The normalized spacial score (nSPS) is 17.6. The molecule has 1 atom stereocenters. The first kappa shape index (κ1) is 12.6. The SMILES string of the molecule is O=C1Oc2cc(O)ccc2C(=O)C1c1ccc([Si])cc1. The van der Waals surface area contributed by atoms with Crippen LogP contribution in [-0.2, 0) is 4.79 Å². The van der Waals surface area contributed by atoms with Crippen molar-refractivity contribution >= 4 is 27.2 Å². The molecule has 1 heterocycles. The molecule has 97 valence electrons. The average Bonchev–Trinajstić information content (AvgIpc) is 2.40. The monoisotopic (exact) mass is 281 g/mol. The highest BCUT2D eigenvalue weighted by molar-refractivity contribution is 6.32. The van der Waals surface area contributed by atoms with Crippen molar-refractivity contribution in [1.29, 1.82) is 0 Å². The fourth-order valence-corrected chi connectivity index (χ4v) is 2.36. The van der Waals surface area contributed by atoms with E-state index in [1.807, 2.05) is 0 Å². The predicted octanol–water partition coefficient (Wildman–Crippen LogP) is 1.07. The molecule has 2 aromatic rings. The lowest BCUT2D eigenvalue weighted by atomic mass is 9.88. The third kappa shape index (κ3) is 2.02. The fourth-order valence-electron chi connectivity index (χ4n) is 2.19. The van der Waals surface area contributed by atoms with E-state index in [9.17, 15) is 14.7 Å². The molecule has 2 aromatic carbocycles. The van der Waals surface area contributed by atoms with Crippen LogP contribution in [0.1, 0.15) is 21.8 Å². The minimum atomic E-state index is -0.959. The molecule has 3 radical (unpaired) electrons. The number of phenolic OH excluding ortho intramolecular Hbond substituents is 1. The average molecular weight is 281 g/mol. The summed E-state index contributed by atoms with van der Waals surface area (Å²) in [6.07, 6.45) is 0. The van der Waals surface area contributed by atoms with Crippen molar-refractivity contribution in [3.05, 3.63) is 53.6 Å². The Balaban J connectivity index is 2.06. The zero-order chi connectivity index (χ0) is 14.3. The van der Waals surface area contributed by atoms with Crippen molar-refractivity contribution in [1.82, 2.24) is 0 Å². The lowest BCUT2D eigenvalue weighted by molar-refractivity contribution is -0.135. The van der Waals surface area contributed by atoms with Gasteiger partial charge in [-0.2, -0.15) is 0 Å². The Morgan fingerprint density at radius 3 is 2.45 bits per heavy atom. The molecule has 5 heteroatoms. The van der Waals surface area contributed by atoms with Crippen LogP contribution in [0.2, 0.25) is 0 Å². The van der Waals surface area contributed by atoms with E-state index in [2.05, 4.69) is 10.2 Å². The molecule has 1 unspecified atom stereocenters. The summed E-state index contributed by atoms with van der Waals surface area (Å²) in [5, 5.41) is 10.2. The molecule has 20 heavy (non-hydrogen) atoms. The molecule has 0 amide bonds. The second kappa shape index (κ2) is 4.61. The molecule has 0 aromatic heterocycles. The third-order valence-corrected chi connectivity index (χ3v) is 3.52. The molecule has 1 aliphatic heterocycles. The minimum Gasteiger partial charge on any atom is -0.508 e. The van der Waals surface area contributed by atoms with Gasteiger partial charge in [0, 0.05) is 6.07 Å². The van der Waals surface area contributed by atoms with Crippen LogP contribution in [0.4, 0.5) is 0 Å². The van der Waals surface area contributed by atoms with Crippen molar-refractivity contribution < 1.29 is 19.4 Å². The summed E-state index contributed by atoms with van der Waals surface area (Å²) in [5.41, 5.74) is 0.885. The van der Waals surface area contributed by atoms with Gasteiger partial charge in [-0.15, -0.1) is 0 Å². The molecule has 3 rings (SSSR count). The minimum absolute atomic E-state index is 0.0498. The first-order chi connectivity index (χ1) is 9.56. The Hall–Kier alpha value is -2.40. The van der Waals surface area contributed by atoms with E-state index in [0.717, 1.165) is 5.19 Å². The van der Waals surface area contributed by atoms with E-state index in [1.165, 1.54) is 18.2 Å². The first-order valence-corrected chi connectivity index (χ1v) is 6.47. The van der Waals surface area contributed by atoms with Crippen molar-refractivity contribution in [2.24, 2.45) is 0 Å². The van der Waals surface area contributed by atoms with E-state index < -0.39 is 11.9 Å². The maximum Gasteiger partial charge on any atom is 0.326 e. The first-order valence-electron chi connectivity index (χ1n) is 5.97. The van der Waals surface area contributed by atoms with Gasteiger partial charge in [-0.3, -0.25) is 9.59 Å². The number of hydrogen-bond donors (Lipinski definition) is 1. The molecule has 0 saturated carbocycles. The van der Waals surface area contributed by atoms with Gasteiger partial charge in [-0.1, -0.05) is 29.5 Å². The largest absolute Gasteiger partial charge is 0.508 e. The number of aromatic hydroxyl groups is 1. The summed E-state index contributed by atoms with van der Waals surface area (Å²) in [6.45, 7) is 0. The maximum absolute atomic E-state index is 12.4. The van der Waals surface area contributed by atoms with Gasteiger partial charge in [0.15, 0.2) is 5.78 Å². The van der Waals surface area contributed by atoms with E-state index in [-0.39, 0.29) is 17.3 Å². The van der Waals surface area contributed by atoms with Crippen LogP contribution in [0.25, 0.3) is 0 Å². The van der Waals surface area contributed by atoms with Crippen molar-refractivity contribution in [2.75, 3.05) is 0 Å². The highest BCUT2D eigenvalue weighted by Crippen LogP contribution is 2.35. The molecule has 1 N–H and O–H groups in total. The Kier molecular flexibility index (Phi) is 2.91. The molecule has 1 aliphatic rings. The maximum atomic E-state index is 12.4. The van der Waals surface area contributed by atoms with E-state index >= 15 is 0 Å². The van der Waals surface area contributed by atoms with Crippen molar-refractivity contribution in [3.63, 3.8) is 0 Å². The van der Waals surface area contributed by atoms with Crippen LogP contribution in [-0.4, -0.2) is 27.1 Å². The molecular weight excluding hydrogens is 272 g/mol. The molecule has 4 nitrogen and oxygen atoms in total. The Morgan fingerprint density at radius 2 is 1.75 bits per heavy atom. The Bertz CT molecular complexity index is 706. The Labute approximate surface area is 118 Å².